The Hall–Kier alpha value is -2.20. The van der Waals surface area contributed by atoms with Crippen molar-refractivity contribution in [2.45, 2.75) is 75.8 Å². The van der Waals surface area contributed by atoms with Crippen molar-refractivity contribution in [3.8, 4) is 5.75 Å². The number of rotatable bonds is 6. The summed E-state index contributed by atoms with van der Waals surface area (Å²) < 4.78 is 20.5. The Bertz CT molecular complexity index is 1060. The lowest BCUT2D eigenvalue weighted by Crippen LogP contribution is -2.55. The summed E-state index contributed by atoms with van der Waals surface area (Å²) in [7, 11) is 0. The van der Waals surface area contributed by atoms with Crippen molar-refractivity contribution in [3.63, 3.8) is 0 Å². The molecule has 0 aliphatic carbocycles. The van der Waals surface area contributed by atoms with Gasteiger partial charge in [-0.15, -0.1) is 0 Å². The van der Waals surface area contributed by atoms with E-state index in [0.29, 0.717) is 35.5 Å². The first-order chi connectivity index (χ1) is 16.8. The van der Waals surface area contributed by atoms with Crippen molar-refractivity contribution in [1.29, 1.82) is 0 Å². The molecule has 4 atom stereocenters. The van der Waals surface area contributed by atoms with Crippen molar-refractivity contribution in [2.75, 3.05) is 30.3 Å². The minimum absolute atomic E-state index is 0.0758. The summed E-state index contributed by atoms with van der Waals surface area (Å²) in [4.78, 5) is 11.1. The number of nitrogens with one attached hydrogen (secondary N) is 3. The molecule has 1 aromatic carbocycles. The monoisotopic (exact) mass is 504 g/mol. The van der Waals surface area contributed by atoms with E-state index in [9.17, 15) is 9.50 Å². The van der Waals surface area contributed by atoms with Gasteiger partial charge in [0, 0.05) is 29.9 Å². The van der Waals surface area contributed by atoms with Crippen molar-refractivity contribution in [2.24, 2.45) is 0 Å². The van der Waals surface area contributed by atoms with Gasteiger partial charge in [-0.1, -0.05) is 11.6 Å². The van der Waals surface area contributed by atoms with Gasteiger partial charge in [-0.3, -0.25) is 4.90 Å². The van der Waals surface area contributed by atoms with Crippen LogP contribution in [0.3, 0.4) is 0 Å². The first kappa shape index (κ1) is 24.5. The largest absolute Gasteiger partial charge is 0.486 e. The molecule has 3 fully saturated rings. The second kappa shape index (κ2) is 10.0. The third-order valence-electron chi connectivity index (χ3n) is 7.40. The van der Waals surface area contributed by atoms with Gasteiger partial charge in [0.25, 0.3) is 0 Å². The van der Waals surface area contributed by atoms with Crippen LogP contribution in [0, 0.1) is 5.82 Å². The van der Waals surface area contributed by atoms with E-state index in [1.165, 1.54) is 19.0 Å². The van der Waals surface area contributed by atoms with Crippen molar-refractivity contribution < 1.29 is 14.2 Å². The average molecular weight is 505 g/mol. The number of hydrogen-bond acceptors (Lipinski definition) is 8. The van der Waals surface area contributed by atoms with E-state index in [2.05, 4.69) is 44.7 Å². The standard InChI is InChI=1S/C25H34ClFN6O2/c1-25(2)12-16(10-17-4-3-9-33(17)25)30-23-19(27)13-29-24(32-23)31-15-5-6-21(18(26)11-15)35-22-7-8-28-14-20(22)34/h5-6,11,13,16-17,20,22,28,34H,3-4,7-10,12,14H2,1-2H3,(H2,29,30,31,32). The molecular weight excluding hydrogens is 471 g/mol. The predicted octanol–water partition coefficient (Wildman–Crippen LogP) is 3.93. The molecule has 2 aromatic rings. The Balaban J connectivity index is 1.25. The Morgan fingerprint density at radius 3 is 2.97 bits per heavy atom. The number of aliphatic hydroxyl groups excluding tert-OH is 1. The van der Waals surface area contributed by atoms with Gasteiger partial charge in [0.05, 0.1) is 11.2 Å². The molecule has 4 unspecified atom stereocenters. The van der Waals surface area contributed by atoms with Crippen LogP contribution < -0.4 is 20.7 Å². The van der Waals surface area contributed by atoms with Gasteiger partial charge in [0.2, 0.25) is 5.95 Å². The maximum absolute atomic E-state index is 14.6. The molecule has 3 aliphatic rings. The van der Waals surface area contributed by atoms with Crippen LogP contribution in [0.1, 0.15) is 46.0 Å². The molecule has 0 bridgehead atoms. The Kier molecular flexibility index (Phi) is 7.03. The molecule has 0 spiro atoms. The zero-order chi connectivity index (χ0) is 24.6. The highest BCUT2D eigenvalue weighted by molar-refractivity contribution is 6.32. The van der Waals surface area contributed by atoms with E-state index in [4.69, 9.17) is 16.3 Å². The molecule has 8 nitrogen and oxygen atoms in total. The lowest BCUT2D eigenvalue weighted by Gasteiger charge is -2.47. The molecule has 4 N–H and O–H groups in total. The van der Waals surface area contributed by atoms with Gasteiger partial charge in [0.1, 0.15) is 18.0 Å². The predicted molar refractivity (Wildman–Crippen MR) is 135 cm³/mol. The van der Waals surface area contributed by atoms with Gasteiger partial charge in [0.15, 0.2) is 11.6 Å². The molecule has 190 valence electrons. The van der Waals surface area contributed by atoms with Crippen LogP contribution in [-0.2, 0) is 0 Å². The van der Waals surface area contributed by atoms with E-state index >= 15 is 0 Å². The molecule has 10 heteroatoms. The van der Waals surface area contributed by atoms with Crippen molar-refractivity contribution in [1.82, 2.24) is 20.2 Å². The Morgan fingerprint density at radius 1 is 1.31 bits per heavy atom. The maximum Gasteiger partial charge on any atom is 0.229 e. The smallest absolute Gasteiger partial charge is 0.229 e. The summed E-state index contributed by atoms with van der Waals surface area (Å²) in [6, 6.07) is 5.94. The molecule has 5 rings (SSSR count). The minimum Gasteiger partial charge on any atom is -0.486 e. The summed E-state index contributed by atoms with van der Waals surface area (Å²) in [5, 5.41) is 20.1. The van der Waals surface area contributed by atoms with E-state index in [1.54, 1.807) is 18.2 Å². The highest BCUT2D eigenvalue weighted by atomic mass is 35.5. The van der Waals surface area contributed by atoms with Gasteiger partial charge < -0.3 is 25.8 Å². The summed E-state index contributed by atoms with van der Waals surface area (Å²) in [6.07, 6.45) is 5.33. The first-order valence-corrected chi connectivity index (χ1v) is 12.8. The summed E-state index contributed by atoms with van der Waals surface area (Å²) in [5.74, 6) is 0.529. The van der Waals surface area contributed by atoms with Crippen LogP contribution in [0.15, 0.2) is 24.4 Å². The van der Waals surface area contributed by atoms with Gasteiger partial charge >= 0.3 is 0 Å². The van der Waals surface area contributed by atoms with Gasteiger partial charge in [-0.25, -0.2) is 9.37 Å². The van der Waals surface area contributed by atoms with Crippen molar-refractivity contribution >= 4 is 29.1 Å². The SMILES string of the molecule is CC1(C)CC(Nc2nc(Nc3ccc(OC4CCNCC4O)c(Cl)c3)ncc2F)CC2CCCN21. The zero-order valence-electron chi connectivity index (χ0n) is 20.2. The minimum atomic E-state index is -0.581. The number of piperidine rings is 2. The third-order valence-corrected chi connectivity index (χ3v) is 7.69. The molecule has 1 aromatic heterocycles. The molecule has 4 heterocycles. The second-order valence-electron chi connectivity index (χ2n) is 10.5. The highest BCUT2D eigenvalue weighted by Gasteiger charge is 2.43. The summed E-state index contributed by atoms with van der Waals surface area (Å²) in [6.45, 7) is 6.97. The maximum atomic E-state index is 14.6. The fourth-order valence-corrected chi connectivity index (χ4v) is 5.99. The first-order valence-electron chi connectivity index (χ1n) is 12.5. The molecule has 35 heavy (non-hydrogen) atoms. The molecule has 3 aliphatic heterocycles. The number of fused-ring (bicyclic) bond motifs is 1. The van der Waals surface area contributed by atoms with Crippen LogP contribution in [0.25, 0.3) is 0 Å². The number of halogens is 2. The molecule has 0 saturated carbocycles. The lowest BCUT2D eigenvalue weighted by molar-refractivity contribution is 0.0163. The number of benzene rings is 1. The summed E-state index contributed by atoms with van der Waals surface area (Å²) in [5.41, 5.74) is 0.734. The van der Waals surface area contributed by atoms with Gasteiger partial charge in [-0.2, -0.15) is 4.98 Å². The molecule has 0 radical (unpaired) electrons. The number of ether oxygens (including phenoxy) is 1. The van der Waals surface area contributed by atoms with E-state index < -0.39 is 11.9 Å². The number of aromatic nitrogens is 2. The number of anilines is 3. The van der Waals surface area contributed by atoms with Crippen LogP contribution in [0.4, 0.5) is 21.8 Å². The Labute approximate surface area is 210 Å². The van der Waals surface area contributed by atoms with E-state index in [0.717, 1.165) is 25.9 Å². The fourth-order valence-electron chi connectivity index (χ4n) is 5.76. The Morgan fingerprint density at radius 2 is 2.17 bits per heavy atom. The van der Waals surface area contributed by atoms with Crippen molar-refractivity contribution in [3.05, 3.63) is 35.2 Å². The fraction of sp³-hybridized carbons (Fsp3) is 0.600. The topological polar surface area (TPSA) is 94.6 Å². The van der Waals surface area contributed by atoms with Gasteiger partial charge in [-0.05, 0) is 77.2 Å². The lowest BCUT2D eigenvalue weighted by atomic mass is 9.84. The van der Waals surface area contributed by atoms with Crippen LogP contribution in [0.2, 0.25) is 5.02 Å². The van der Waals surface area contributed by atoms with Crippen LogP contribution >= 0.6 is 11.6 Å². The second-order valence-corrected chi connectivity index (χ2v) is 10.9. The van der Waals surface area contributed by atoms with E-state index in [-0.39, 0.29) is 29.5 Å². The normalized spacial score (nSPS) is 28.4. The number of nitrogens with zero attached hydrogens (tertiary/aromatic N) is 3. The molecule has 3 saturated heterocycles. The quantitative estimate of drug-likeness (QED) is 0.470. The molecule has 0 amide bonds. The number of aliphatic hydroxyl groups is 1. The number of hydrogen-bond donors (Lipinski definition) is 4. The zero-order valence-corrected chi connectivity index (χ0v) is 21.0. The van der Waals surface area contributed by atoms with Crippen LogP contribution in [0.5, 0.6) is 5.75 Å². The number of β-amino-alcohol motifs (C(OH)–C–C–N with tert-alkyl or cyclic N) is 1. The summed E-state index contributed by atoms with van der Waals surface area (Å²) >= 11 is 6.44. The van der Waals surface area contributed by atoms with E-state index in [1.807, 2.05) is 0 Å². The molecular formula is C25H34ClFN6O2. The van der Waals surface area contributed by atoms with Crippen LogP contribution in [-0.4, -0.2) is 69.4 Å². The average Bonchev–Trinajstić information content (AvgIpc) is 3.29. The highest BCUT2D eigenvalue weighted by Crippen LogP contribution is 2.38. The third kappa shape index (κ3) is 5.48.